The van der Waals surface area contributed by atoms with Gasteiger partial charge in [-0.25, -0.2) is 9.78 Å². The molecular formula is C12H19N3O2. The van der Waals surface area contributed by atoms with Crippen molar-refractivity contribution < 1.29 is 9.90 Å². The first-order valence-electron chi connectivity index (χ1n) is 5.64. The SMILES string of the molecule is CN(C)CCCNCc1cccc(C(=O)O)n1. The van der Waals surface area contributed by atoms with E-state index in [-0.39, 0.29) is 5.69 Å². The van der Waals surface area contributed by atoms with Gasteiger partial charge < -0.3 is 15.3 Å². The van der Waals surface area contributed by atoms with Gasteiger partial charge in [-0.05, 0) is 45.7 Å². The van der Waals surface area contributed by atoms with Crippen molar-refractivity contribution in [2.45, 2.75) is 13.0 Å². The highest BCUT2D eigenvalue weighted by molar-refractivity contribution is 5.85. The second kappa shape index (κ2) is 6.98. The number of nitrogens with one attached hydrogen (secondary N) is 1. The molecule has 0 fully saturated rings. The summed E-state index contributed by atoms with van der Waals surface area (Å²) >= 11 is 0. The lowest BCUT2D eigenvalue weighted by Gasteiger charge is -2.09. The molecule has 94 valence electrons. The molecule has 0 aliphatic rings. The van der Waals surface area contributed by atoms with Crippen molar-refractivity contribution in [3.63, 3.8) is 0 Å². The van der Waals surface area contributed by atoms with E-state index < -0.39 is 5.97 Å². The van der Waals surface area contributed by atoms with Crippen molar-refractivity contribution in [3.05, 3.63) is 29.6 Å². The van der Waals surface area contributed by atoms with Crippen LogP contribution in [0.3, 0.4) is 0 Å². The van der Waals surface area contributed by atoms with Crippen molar-refractivity contribution >= 4 is 5.97 Å². The van der Waals surface area contributed by atoms with Crippen LogP contribution in [0.2, 0.25) is 0 Å². The minimum Gasteiger partial charge on any atom is -0.477 e. The first-order valence-corrected chi connectivity index (χ1v) is 5.64. The Balaban J connectivity index is 2.31. The normalized spacial score (nSPS) is 10.8. The first-order chi connectivity index (χ1) is 8.09. The van der Waals surface area contributed by atoms with E-state index in [0.717, 1.165) is 25.2 Å². The number of aromatic carboxylic acids is 1. The number of aromatic nitrogens is 1. The fraction of sp³-hybridized carbons (Fsp3) is 0.500. The quantitative estimate of drug-likeness (QED) is 0.687. The topological polar surface area (TPSA) is 65.5 Å². The Morgan fingerprint density at radius 3 is 2.88 bits per heavy atom. The Morgan fingerprint density at radius 2 is 2.24 bits per heavy atom. The number of carbonyl (C=O) groups is 1. The van der Waals surface area contributed by atoms with Crippen LogP contribution < -0.4 is 5.32 Å². The van der Waals surface area contributed by atoms with Crippen molar-refractivity contribution in [1.29, 1.82) is 0 Å². The van der Waals surface area contributed by atoms with Crippen molar-refractivity contribution in [2.24, 2.45) is 0 Å². The second-order valence-electron chi connectivity index (χ2n) is 4.15. The average Bonchev–Trinajstić information content (AvgIpc) is 2.28. The number of rotatable bonds is 7. The lowest BCUT2D eigenvalue weighted by molar-refractivity contribution is 0.0690. The zero-order valence-electron chi connectivity index (χ0n) is 10.3. The maximum absolute atomic E-state index is 10.7. The van der Waals surface area contributed by atoms with E-state index in [1.165, 1.54) is 6.07 Å². The molecule has 0 aromatic carbocycles. The third-order valence-corrected chi connectivity index (χ3v) is 2.29. The summed E-state index contributed by atoms with van der Waals surface area (Å²) in [5.41, 5.74) is 0.854. The number of nitrogens with zero attached hydrogens (tertiary/aromatic N) is 2. The predicted molar refractivity (Wildman–Crippen MR) is 66.1 cm³/mol. The van der Waals surface area contributed by atoms with Gasteiger partial charge in [-0.1, -0.05) is 6.07 Å². The Hall–Kier alpha value is -1.46. The molecule has 0 spiro atoms. The molecule has 1 aromatic heterocycles. The summed E-state index contributed by atoms with van der Waals surface area (Å²) in [7, 11) is 4.08. The van der Waals surface area contributed by atoms with Gasteiger partial charge in [0.05, 0.1) is 5.69 Å². The molecule has 0 saturated carbocycles. The lowest BCUT2D eigenvalue weighted by atomic mass is 10.3. The van der Waals surface area contributed by atoms with Crippen LogP contribution in [0.1, 0.15) is 22.6 Å². The minimum atomic E-state index is -0.987. The number of carboxylic acids is 1. The zero-order chi connectivity index (χ0) is 12.7. The van der Waals surface area contributed by atoms with Crippen LogP contribution in [0.4, 0.5) is 0 Å². The van der Waals surface area contributed by atoms with Gasteiger partial charge in [-0.15, -0.1) is 0 Å². The van der Waals surface area contributed by atoms with Gasteiger partial charge in [0.25, 0.3) is 0 Å². The molecule has 1 heterocycles. The van der Waals surface area contributed by atoms with Gasteiger partial charge in [0.1, 0.15) is 5.69 Å². The van der Waals surface area contributed by atoms with E-state index in [2.05, 4.69) is 15.2 Å². The molecule has 5 heteroatoms. The Morgan fingerprint density at radius 1 is 1.47 bits per heavy atom. The van der Waals surface area contributed by atoms with E-state index in [9.17, 15) is 4.79 Å². The van der Waals surface area contributed by atoms with Crippen molar-refractivity contribution in [2.75, 3.05) is 27.2 Å². The molecule has 0 atom stereocenters. The molecule has 0 bridgehead atoms. The number of hydrogen-bond donors (Lipinski definition) is 2. The van der Waals surface area contributed by atoms with Gasteiger partial charge in [0.15, 0.2) is 0 Å². The fourth-order valence-electron chi connectivity index (χ4n) is 1.43. The van der Waals surface area contributed by atoms with Crippen LogP contribution in [0.25, 0.3) is 0 Å². The average molecular weight is 237 g/mol. The highest BCUT2D eigenvalue weighted by atomic mass is 16.4. The Labute approximate surface area is 101 Å². The standard InChI is InChI=1S/C12H19N3O2/c1-15(2)8-4-7-13-9-10-5-3-6-11(14-10)12(16)17/h3,5-6,13H,4,7-9H2,1-2H3,(H,16,17). The third-order valence-electron chi connectivity index (χ3n) is 2.29. The summed E-state index contributed by atoms with van der Waals surface area (Å²) in [6, 6.07) is 5.04. The first kappa shape index (κ1) is 13.6. The van der Waals surface area contributed by atoms with Gasteiger partial charge in [0.2, 0.25) is 0 Å². The maximum atomic E-state index is 10.7. The highest BCUT2D eigenvalue weighted by Crippen LogP contribution is 1.99. The predicted octanol–water partition coefficient (Wildman–Crippen LogP) is 0.821. The molecule has 0 amide bonds. The van der Waals surface area contributed by atoms with Crippen LogP contribution in [-0.2, 0) is 6.54 Å². The number of hydrogen-bond acceptors (Lipinski definition) is 4. The van der Waals surface area contributed by atoms with Gasteiger partial charge in [-0.3, -0.25) is 0 Å². The van der Waals surface area contributed by atoms with E-state index in [0.29, 0.717) is 6.54 Å². The van der Waals surface area contributed by atoms with Crippen LogP contribution in [0.15, 0.2) is 18.2 Å². The molecule has 1 aromatic rings. The number of pyridine rings is 1. The second-order valence-corrected chi connectivity index (χ2v) is 4.15. The number of carboxylic acid groups (broad SMARTS) is 1. The monoisotopic (exact) mass is 237 g/mol. The lowest BCUT2D eigenvalue weighted by Crippen LogP contribution is -2.21. The van der Waals surface area contributed by atoms with Gasteiger partial charge in [-0.2, -0.15) is 0 Å². The fourth-order valence-corrected chi connectivity index (χ4v) is 1.43. The third kappa shape index (κ3) is 5.42. The highest BCUT2D eigenvalue weighted by Gasteiger charge is 2.04. The summed E-state index contributed by atoms with van der Waals surface area (Å²) in [6.45, 7) is 2.54. The molecule has 2 N–H and O–H groups in total. The van der Waals surface area contributed by atoms with Gasteiger partial charge >= 0.3 is 5.97 Å². The van der Waals surface area contributed by atoms with Crippen LogP contribution in [0, 0.1) is 0 Å². The van der Waals surface area contributed by atoms with Crippen LogP contribution in [0.5, 0.6) is 0 Å². The Bertz CT molecular complexity index is 367. The van der Waals surface area contributed by atoms with E-state index in [1.807, 2.05) is 20.2 Å². The molecule has 0 aliphatic carbocycles. The van der Waals surface area contributed by atoms with E-state index in [4.69, 9.17) is 5.11 Å². The molecule has 0 aliphatic heterocycles. The largest absolute Gasteiger partial charge is 0.477 e. The van der Waals surface area contributed by atoms with E-state index >= 15 is 0 Å². The molecule has 17 heavy (non-hydrogen) atoms. The van der Waals surface area contributed by atoms with Crippen LogP contribution in [-0.4, -0.2) is 48.1 Å². The van der Waals surface area contributed by atoms with E-state index in [1.54, 1.807) is 6.07 Å². The van der Waals surface area contributed by atoms with Crippen LogP contribution >= 0.6 is 0 Å². The smallest absolute Gasteiger partial charge is 0.354 e. The summed E-state index contributed by atoms with van der Waals surface area (Å²) in [5.74, 6) is -0.987. The van der Waals surface area contributed by atoms with Crippen molar-refractivity contribution in [1.82, 2.24) is 15.2 Å². The minimum absolute atomic E-state index is 0.0950. The molecule has 0 unspecified atom stereocenters. The summed E-state index contributed by atoms with van der Waals surface area (Å²) in [5, 5.41) is 12.0. The summed E-state index contributed by atoms with van der Waals surface area (Å²) in [4.78, 5) is 16.9. The zero-order valence-corrected chi connectivity index (χ0v) is 10.3. The maximum Gasteiger partial charge on any atom is 0.354 e. The molecular weight excluding hydrogens is 218 g/mol. The van der Waals surface area contributed by atoms with Crippen molar-refractivity contribution in [3.8, 4) is 0 Å². The summed E-state index contributed by atoms with van der Waals surface area (Å²) < 4.78 is 0. The van der Waals surface area contributed by atoms with Gasteiger partial charge in [0, 0.05) is 6.54 Å². The molecule has 1 rings (SSSR count). The Kier molecular flexibility index (Phi) is 5.59. The summed E-state index contributed by atoms with van der Waals surface area (Å²) in [6.07, 6.45) is 1.06. The molecule has 0 saturated heterocycles. The molecule has 5 nitrogen and oxygen atoms in total. The molecule has 0 radical (unpaired) electrons.